The van der Waals surface area contributed by atoms with Crippen LogP contribution in [0.5, 0.6) is 0 Å². The van der Waals surface area contributed by atoms with Gasteiger partial charge in [0.15, 0.2) is 0 Å². The number of benzene rings is 2. The van der Waals surface area contributed by atoms with E-state index >= 15 is 0 Å². The summed E-state index contributed by atoms with van der Waals surface area (Å²) >= 11 is 0. The number of hydrogen-bond donors (Lipinski definition) is 2. The van der Waals surface area contributed by atoms with Crippen molar-refractivity contribution in [1.29, 1.82) is 0 Å². The van der Waals surface area contributed by atoms with Gasteiger partial charge in [0.1, 0.15) is 0 Å². The van der Waals surface area contributed by atoms with E-state index in [1.807, 2.05) is 18.6 Å². The van der Waals surface area contributed by atoms with E-state index in [4.69, 9.17) is 0 Å². The van der Waals surface area contributed by atoms with Crippen LogP contribution in [0.25, 0.3) is 11.1 Å². The summed E-state index contributed by atoms with van der Waals surface area (Å²) < 4.78 is 0. The molecule has 5 rings (SSSR count). The van der Waals surface area contributed by atoms with E-state index in [2.05, 4.69) is 85.8 Å². The highest BCUT2D eigenvalue weighted by molar-refractivity contribution is 5.69. The summed E-state index contributed by atoms with van der Waals surface area (Å²) in [6, 6.07) is 22.0. The first-order chi connectivity index (χ1) is 14.8. The average Bonchev–Trinajstić information content (AvgIpc) is 3.25. The molecule has 0 amide bonds. The Bertz CT molecular complexity index is 1080. The second kappa shape index (κ2) is 8.51. The number of nitrogens with zero attached hydrogens (tertiary/aromatic N) is 3. The molecule has 0 aliphatic carbocycles. The van der Waals surface area contributed by atoms with Crippen molar-refractivity contribution >= 4 is 5.69 Å². The van der Waals surface area contributed by atoms with Crippen LogP contribution in [-0.2, 0) is 19.5 Å². The van der Waals surface area contributed by atoms with E-state index in [1.165, 1.54) is 27.9 Å². The van der Waals surface area contributed by atoms with Crippen LogP contribution in [0.3, 0.4) is 0 Å². The van der Waals surface area contributed by atoms with E-state index in [9.17, 15) is 0 Å². The van der Waals surface area contributed by atoms with Gasteiger partial charge in [-0.25, -0.2) is 4.98 Å². The minimum absolute atomic E-state index is 0.368. The van der Waals surface area contributed by atoms with Crippen molar-refractivity contribution < 1.29 is 0 Å². The largest absolute Gasteiger partial charge is 0.364 e. The molecule has 150 valence electrons. The minimum atomic E-state index is 0.368. The molecule has 0 spiro atoms. The van der Waals surface area contributed by atoms with Gasteiger partial charge in [0.2, 0.25) is 0 Å². The Balaban J connectivity index is 1.46. The fourth-order valence-corrected chi connectivity index (χ4v) is 4.20. The van der Waals surface area contributed by atoms with Crippen LogP contribution in [0.15, 0.2) is 85.6 Å². The molecular weight excluding hydrogens is 370 g/mol. The number of nitrogens with one attached hydrogen (secondary N) is 2. The molecule has 0 saturated carbocycles. The first-order valence-corrected chi connectivity index (χ1v) is 10.4. The van der Waals surface area contributed by atoms with Gasteiger partial charge in [0, 0.05) is 43.4 Å². The summed E-state index contributed by atoms with van der Waals surface area (Å²) in [4.78, 5) is 14.1. The van der Waals surface area contributed by atoms with Crippen LogP contribution in [-0.4, -0.2) is 27.5 Å². The van der Waals surface area contributed by atoms with Crippen LogP contribution in [0.4, 0.5) is 5.69 Å². The van der Waals surface area contributed by atoms with Gasteiger partial charge in [-0.05, 0) is 52.9 Å². The molecule has 1 unspecified atom stereocenters. The second-order valence-electron chi connectivity index (χ2n) is 7.80. The quantitative estimate of drug-likeness (QED) is 0.532. The van der Waals surface area contributed by atoms with Crippen molar-refractivity contribution in [3.8, 4) is 11.1 Å². The molecule has 2 N–H and O–H groups in total. The third-order valence-corrected chi connectivity index (χ3v) is 5.70. The zero-order valence-electron chi connectivity index (χ0n) is 16.8. The van der Waals surface area contributed by atoms with Crippen molar-refractivity contribution in [2.24, 2.45) is 0 Å². The van der Waals surface area contributed by atoms with Crippen LogP contribution >= 0.6 is 0 Å². The molecule has 0 saturated heterocycles. The van der Waals surface area contributed by atoms with Gasteiger partial charge in [0.05, 0.1) is 18.6 Å². The number of aromatic nitrogens is 3. The van der Waals surface area contributed by atoms with Gasteiger partial charge in [-0.1, -0.05) is 36.4 Å². The summed E-state index contributed by atoms with van der Waals surface area (Å²) in [7, 11) is 0. The Kier molecular flexibility index (Phi) is 5.27. The zero-order chi connectivity index (χ0) is 20.2. The van der Waals surface area contributed by atoms with Crippen LogP contribution in [0.1, 0.15) is 16.8 Å². The highest BCUT2D eigenvalue weighted by Crippen LogP contribution is 2.30. The molecule has 0 bridgehead atoms. The highest BCUT2D eigenvalue weighted by atomic mass is 15.2. The SMILES string of the molecule is c1ccc(CC2CN(Cc3cnc[nH]3)c3ccc(-c4ccncc4)cc3CN2)cc1. The third-order valence-electron chi connectivity index (χ3n) is 5.70. The number of hydrogen-bond acceptors (Lipinski definition) is 4. The summed E-state index contributed by atoms with van der Waals surface area (Å²) in [6.07, 6.45) is 8.36. The Labute approximate surface area is 176 Å². The first kappa shape index (κ1) is 18.6. The molecule has 4 aromatic rings. The third kappa shape index (κ3) is 4.11. The molecule has 1 aliphatic rings. The van der Waals surface area contributed by atoms with Crippen molar-refractivity contribution in [2.45, 2.75) is 25.6 Å². The standard InChI is InChI=1S/C25H25N5/c1-2-4-19(5-3-1)12-23-16-30(17-24-15-27-18-29-24)25-7-6-21(13-22(25)14-28-23)20-8-10-26-11-9-20/h1-11,13,15,18,23,28H,12,14,16-17H2,(H,27,29). The molecule has 5 heteroatoms. The normalized spacial score (nSPS) is 16.1. The van der Waals surface area contributed by atoms with E-state index in [0.717, 1.165) is 31.7 Å². The second-order valence-corrected chi connectivity index (χ2v) is 7.80. The number of rotatable bonds is 5. The van der Waals surface area contributed by atoms with Gasteiger partial charge in [-0.2, -0.15) is 0 Å². The summed E-state index contributed by atoms with van der Waals surface area (Å²) in [6.45, 7) is 2.61. The topological polar surface area (TPSA) is 56.8 Å². The number of fused-ring (bicyclic) bond motifs is 1. The van der Waals surface area contributed by atoms with E-state index < -0.39 is 0 Å². The smallest absolute Gasteiger partial charge is 0.0922 e. The van der Waals surface area contributed by atoms with Crippen LogP contribution in [0, 0.1) is 0 Å². The zero-order valence-corrected chi connectivity index (χ0v) is 16.8. The minimum Gasteiger partial charge on any atom is -0.364 e. The van der Waals surface area contributed by atoms with Crippen molar-refractivity contribution in [2.75, 3.05) is 11.4 Å². The van der Waals surface area contributed by atoms with Gasteiger partial charge < -0.3 is 15.2 Å². The molecular formula is C25H25N5. The molecule has 5 nitrogen and oxygen atoms in total. The number of pyridine rings is 1. The number of H-pyrrole nitrogens is 1. The Morgan fingerprint density at radius 3 is 2.60 bits per heavy atom. The lowest BCUT2D eigenvalue weighted by molar-refractivity contribution is 0.511. The van der Waals surface area contributed by atoms with Gasteiger partial charge in [0.25, 0.3) is 0 Å². The van der Waals surface area contributed by atoms with E-state index in [0.29, 0.717) is 6.04 Å². The predicted molar refractivity (Wildman–Crippen MR) is 120 cm³/mol. The summed E-state index contributed by atoms with van der Waals surface area (Å²) in [5, 5.41) is 3.79. The fraction of sp³-hybridized carbons (Fsp3) is 0.200. The summed E-state index contributed by atoms with van der Waals surface area (Å²) in [5.74, 6) is 0. The van der Waals surface area contributed by atoms with Gasteiger partial charge in [-0.3, -0.25) is 4.98 Å². The van der Waals surface area contributed by atoms with Gasteiger partial charge in [-0.15, -0.1) is 0 Å². The maximum Gasteiger partial charge on any atom is 0.0922 e. The Hall–Kier alpha value is -3.44. The van der Waals surface area contributed by atoms with Crippen molar-refractivity contribution in [3.05, 3.63) is 102 Å². The van der Waals surface area contributed by atoms with Gasteiger partial charge >= 0.3 is 0 Å². The number of imidazole rings is 1. The molecule has 2 aromatic carbocycles. The molecule has 1 atom stereocenters. The lowest BCUT2D eigenvalue weighted by Crippen LogP contribution is -2.39. The first-order valence-electron chi connectivity index (χ1n) is 10.4. The average molecular weight is 396 g/mol. The maximum atomic E-state index is 4.20. The fourth-order valence-electron chi connectivity index (χ4n) is 4.20. The lowest BCUT2D eigenvalue weighted by atomic mass is 10.0. The van der Waals surface area contributed by atoms with Crippen LogP contribution < -0.4 is 10.2 Å². The lowest BCUT2D eigenvalue weighted by Gasteiger charge is -2.27. The monoisotopic (exact) mass is 395 g/mol. The van der Waals surface area contributed by atoms with Crippen molar-refractivity contribution in [1.82, 2.24) is 20.3 Å². The van der Waals surface area contributed by atoms with E-state index in [-0.39, 0.29) is 0 Å². The Morgan fingerprint density at radius 1 is 0.933 bits per heavy atom. The molecule has 0 fully saturated rings. The molecule has 1 aliphatic heterocycles. The van der Waals surface area contributed by atoms with Crippen LogP contribution in [0.2, 0.25) is 0 Å². The highest BCUT2D eigenvalue weighted by Gasteiger charge is 2.23. The molecule has 30 heavy (non-hydrogen) atoms. The number of aromatic amines is 1. The molecule has 3 heterocycles. The molecule has 2 aromatic heterocycles. The summed E-state index contributed by atoms with van der Waals surface area (Å²) in [5.41, 5.74) is 7.50. The predicted octanol–water partition coefficient (Wildman–Crippen LogP) is 4.19. The number of anilines is 1. The maximum absolute atomic E-state index is 4.20. The van der Waals surface area contributed by atoms with Crippen molar-refractivity contribution in [3.63, 3.8) is 0 Å². The Morgan fingerprint density at radius 2 is 1.80 bits per heavy atom. The van der Waals surface area contributed by atoms with E-state index in [1.54, 1.807) is 6.33 Å². The molecule has 0 radical (unpaired) electrons.